The van der Waals surface area contributed by atoms with Gasteiger partial charge in [0.1, 0.15) is 23.5 Å². The van der Waals surface area contributed by atoms with Crippen LogP contribution < -0.4 is 0 Å². The molecule has 1 aromatic heterocycles. The van der Waals surface area contributed by atoms with Crippen LogP contribution in [0.3, 0.4) is 0 Å². The van der Waals surface area contributed by atoms with Crippen molar-refractivity contribution in [2.24, 2.45) is 0 Å². The van der Waals surface area contributed by atoms with E-state index in [4.69, 9.17) is 14.7 Å². The van der Waals surface area contributed by atoms with Crippen LogP contribution in [0.25, 0.3) is 0 Å². The van der Waals surface area contributed by atoms with Crippen molar-refractivity contribution in [1.82, 2.24) is 0 Å². The third kappa shape index (κ3) is 1.38. The molecular formula is C9H7NO2S. The second-order valence-corrected chi connectivity index (χ2v) is 3.73. The molecule has 0 aromatic carbocycles. The van der Waals surface area contributed by atoms with Crippen molar-refractivity contribution >= 4 is 11.3 Å². The second kappa shape index (κ2) is 3.11. The molecule has 0 spiro atoms. The van der Waals surface area contributed by atoms with Crippen LogP contribution in [-0.2, 0) is 9.47 Å². The molecule has 4 heteroatoms. The Labute approximate surface area is 79.8 Å². The zero-order chi connectivity index (χ0) is 9.26. The van der Waals surface area contributed by atoms with Gasteiger partial charge in [-0.05, 0) is 18.6 Å². The Hall–Kier alpha value is -1.47. The van der Waals surface area contributed by atoms with Gasteiger partial charge in [0.15, 0.2) is 0 Å². The van der Waals surface area contributed by atoms with E-state index in [1.54, 1.807) is 0 Å². The van der Waals surface area contributed by atoms with Gasteiger partial charge in [0.05, 0.1) is 4.88 Å². The molecule has 0 aliphatic carbocycles. The van der Waals surface area contributed by atoms with Crippen molar-refractivity contribution < 1.29 is 9.47 Å². The minimum atomic E-state index is -0.355. The maximum Gasteiger partial charge on any atom is 0.275 e. The first-order chi connectivity index (χ1) is 6.31. The van der Waals surface area contributed by atoms with E-state index in [1.807, 2.05) is 13.0 Å². The quantitative estimate of drug-likeness (QED) is 0.688. The number of hydrogen-bond donors (Lipinski definition) is 0. The van der Waals surface area contributed by atoms with Crippen LogP contribution in [0.1, 0.15) is 21.6 Å². The summed E-state index contributed by atoms with van der Waals surface area (Å²) in [6.07, 6.45) is 2.67. The Balaban J connectivity index is 2.30. The fraction of sp³-hybridized carbons (Fsp3) is 0.222. The fourth-order valence-corrected chi connectivity index (χ4v) is 2.09. The van der Waals surface area contributed by atoms with Crippen molar-refractivity contribution in [2.75, 3.05) is 0 Å². The van der Waals surface area contributed by atoms with Gasteiger partial charge in [-0.25, -0.2) is 0 Å². The van der Waals surface area contributed by atoms with E-state index in [1.165, 1.54) is 23.9 Å². The SMILES string of the molecule is Cc1cc(C#N)sc1C1OC=CO1. The number of nitrogens with zero attached hydrogens (tertiary/aromatic N) is 1. The van der Waals surface area contributed by atoms with Crippen molar-refractivity contribution in [3.05, 3.63) is 33.9 Å². The molecule has 0 atom stereocenters. The summed E-state index contributed by atoms with van der Waals surface area (Å²) < 4.78 is 10.4. The molecule has 1 aliphatic rings. The molecular weight excluding hydrogens is 186 g/mol. The standard InChI is InChI=1S/C9H7NO2S/c1-6-4-7(5-10)13-8(6)9-11-2-3-12-9/h2-4,9H,1H3. The lowest BCUT2D eigenvalue weighted by molar-refractivity contribution is -0.0220. The van der Waals surface area contributed by atoms with Crippen molar-refractivity contribution in [3.8, 4) is 6.07 Å². The topological polar surface area (TPSA) is 42.2 Å². The van der Waals surface area contributed by atoms with Gasteiger partial charge >= 0.3 is 0 Å². The Bertz CT molecular complexity index is 381. The van der Waals surface area contributed by atoms with Crippen molar-refractivity contribution in [1.29, 1.82) is 5.26 Å². The summed E-state index contributed by atoms with van der Waals surface area (Å²) in [4.78, 5) is 1.65. The third-order valence-corrected chi connectivity index (χ3v) is 2.90. The summed E-state index contributed by atoms with van der Waals surface area (Å²) >= 11 is 1.41. The minimum Gasteiger partial charge on any atom is -0.454 e. The Morgan fingerprint density at radius 2 is 2.15 bits per heavy atom. The van der Waals surface area contributed by atoms with Gasteiger partial charge in [0, 0.05) is 0 Å². The molecule has 2 rings (SSSR count). The molecule has 0 unspecified atom stereocenters. The molecule has 0 bridgehead atoms. The number of aryl methyl sites for hydroxylation is 1. The molecule has 0 saturated heterocycles. The summed E-state index contributed by atoms with van der Waals surface area (Å²) in [6.45, 7) is 1.94. The summed E-state index contributed by atoms with van der Waals surface area (Å²) in [6, 6.07) is 3.94. The number of ether oxygens (including phenoxy) is 2. The van der Waals surface area contributed by atoms with Gasteiger partial charge in [-0.2, -0.15) is 5.26 Å². The van der Waals surface area contributed by atoms with E-state index in [2.05, 4.69) is 6.07 Å². The van der Waals surface area contributed by atoms with Crippen LogP contribution in [-0.4, -0.2) is 0 Å². The molecule has 13 heavy (non-hydrogen) atoms. The van der Waals surface area contributed by atoms with Crippen LogP contribution in [0.4, 0.5) is 0 Å². The van der Waals surface area contributed by atoms with Gasteiger partial charge in [-0.3, -0.25) is 0 Å². The molecule has 3 nitrogen and oxygen atoms in total. The van der Waals surface area contributed by atoms with E-state index >= 15 is 0 Å². The predicted octanol–water partition coefficient (Wildman–Crippen LogP) is 2.44. The third-order valence-electron chi connectivity index (χ3n) is 1.74. The Kier molecular flexibility index (Phi) is 1.95. The number of thiophene rings is 1. The zero-order valence-electron chi connectivity index (χ0n) is 6.98. The van der Waals surface area contributed by atoms with E-state index in [0.29, 0.717) is 4.88 Å². The van der Waals surface area contributed by atoms with Crippen LogP contribution >= 0.6 is 11.3 Å². The van der Waals surface area contributed by atoms with Crippen LogP contribution in [0.5, 0.6) is 0 Å². The van der Waals surface area contributed by atoms with E-state index in [0.717, 1.165) is 10.4 Å². The highest BCUT2D eigenvalue weighted by atomic mass is 32.1. The highest BCUT2D eigenvalue weighted by Crippen LogP contribution is 2.33. The molecule has 0 saturated carbocycles. The normalized spacial score (nSPS) is 15.1. The first-order valence-corrected chi connectivity index (χ1v) is 4.59. The van der Waals surface area contributed by atoms with Crippen molar-refractivity contribution in [3.63, 3.8) is 0 Å². The average molecular weight is 193 g/mol. The van der Waals surface area contributed by atoms with Crippen LogP contribution in [0, 0.1) is 18.3 Å². The molecule has 66 valence electrons. The summed E-state index contributed by atoms with van der Waals surface area (Å²) in [5.74, 6) is 0. The van der Waals surface area contributed by atoms with E-state index in [-0.39, 0.29) is 6.29 Å². The average Bonchev–Trinajstić information content (AvgIpc) is 2.72. The van der Waals surface area contributed by atoms with Crippen LogP contribution in [0.15, 0.2) is 18.6 Å². The fourth-order valence-electron chi connectivity index (χ4n) is 1.15. The molecule has 1 aliphatic heterocycles. The Morgan fingerprint density at radius 1 is 1.46 bits per heavy atom. The Morgan fingerprint density at radius 3 is 2.69 bits per heavy atom. The predicted molar refractivity (Wildman–Crippen MR) is 47.8 cm³/mol. The van der Waals surface area contributed by atoms with Crippen LogP contribution in [0.2, 0.25) is 0 Å². The number of nitriles is 1. The van der Waals surface area contributed by atoms with Gasteiger partial charge in [0.2, 0.25) is 0 Å². The lowest BCUT2D eigenvalue weighted by Gasteiger charge is -2.08. The number of rotatable bonds is 1. The first kappa shape index (κ1) is 8.14. The van der Waals surface area contributed by atoms with E-state index < -0.39 is 0 Å². The lowest BCUT2D eigenvalue weighted by Crippen LogP contribution is -1.95. The zero-order valence-corrected chi connectivity index (χ0v) is 7.80. The molecule has 1 aromatic rings. The molecule has 0 fully saturated rings. The monoisotopic (exact) mass is 193 g/mol. The molecule has 0 N–H and O–H groups in total. The van der Waals surface area contributed by atoms with Gasteiger partial charge in [-0.15, -0.1) is 11.3 Å². The highest BCUT2D eigenvalue weighted by molar-refractivity contribution is 7.12. The summed E-state index contributed by atoms with van der Waals surface area (Å²) in [7, 11) is 0. The first-order valence-electron chi connectivity index (χ1n) is 3.77. The minimum absolute atomic E-state index is 0.355. The summed E-state index contributed by atoms with van der Waals surface area (Å²) in [5.41, 5.74) is 1.04. The van der Waals surface area contributed by atoms with Gasteiger partial charge < -0.3 is 9.47 Å². The molecule has 0 amide bonds. The van der Waals surface area contributed by atoms with Gasteiger partial charge in [-0.1, -0.05) is 0 Å². The highest BCUT2D eigenvalue weighted by Gasteiger charge is 2.20. The lowest BCUT2D eigenvalue weighted by atomic mass is 10.2. The second-order valence-electron chi connectivity index (χ2n) is 2.65. The maximum atomic E-state index is 8.68. The van der Waals surface area contributed by atoms with Crippen molar-refractivity contribution in [2.45, 2.75) is 13.2 Å². The smallest absolute Gasteiger partial charge is 0.275 e. The van der Waals surface area contributed by atoms with Gasteiger partial charge in [0.25, 0.3) is 6.29 Å². The molecule has 2 heterocycles. The maximum absolute atomic E-state index is 8.68. The largest absolute Gasteiger partial charge is 0.454 e. The van der Waals surface area contributed by atoms with E-state index in [9.17, 15) is 0 Å². The summed E-state index contributed by atoms with van der Waals surface area (Å²) in [5, 5.41) is 8.68. The molecule has 0 radical (unpaired) electrons. The number of hydrogen-bond acceptors (Lipinski definition) is 4.